The lowest BCUT2D eigenvalue weighted by Gasteiger charge is -2.02. The molecule has 0 fully saturated rings. The van der Waals surface area contributed by atoms with Crippen molar-refractivity contribution in [2.45, 2.75) is 39.0 Å². The Hall–Kier alpha value is -1.28. The van der Waals surface area contributed by atoms with Crippen LogP contribution in [0.5, 0.6) is 0 Å². The van der Waals surface area contributed by atoms with Crippen LogP contribution in [0.4, 0.5) is 0 Å². The Morgan fingerprint density at radius 2 is 1.84 bits per heavy atom. The molecule has 2 nitrogen and oxygen atoms in total. The lowest BCUT2D eigenvalue weighted by Crippen LogP contribution is -2.21. The highest BCUT2D eigenvalue weighted by atomic mass is 35.5. The van der Waals surface area contributed by atoms with Crippen molar-refractivity contribution in [1.29, 1.82) is 0 Å². The minimum Gasteiger partial charge on any atom is -0.353 e. The lowest BCUT2D eigenvalue weighted by molar-refractivity contribution is -0.116. The molecule has 0 saturated heterocycles. The minimum atomic E-state index is -0.0366. The number of hydrogen-bond donors (Lipinski definition) is 1. The number of carbonyl (C=O) groups is 1. The summed E-state index contributed by atoms with van der Waals surface area (Å²) < 4.78 is 0. The van der Waals surface area contributed by atoms with Crippen molar-refractivity contribution >= 4 is 23.6 Å². The van der Waals surface area contributed by atoms with E-state index in [1.165, 1.54) is 25.7 Å². The first-order chi connectivity index (χ1) is 9.22. The van der Waals surface area contributed by atoms with Gasteiger partial charge in [0.05, 0.1) is 0 Å². The van der Waals surface area contributed by atoms with Crippen molar-refractivity contribution < 1.29 is 4.79 Å². The van der Waals surface area contributed by atoms with Crippen molar-refractivity contribution in [2.75, 3.05) is 6.54 Å². The summed E-state index contributed by atoms with van der Waals surface area (Å²) in [5.41, 5.74) is 0.975. The van der Waals surface area contributed by atoms with E-state index in [9.17, 15) is 4.79 Å². The fraction of sp³-hybridized carbons (Fsp3) is 0.438. The molecular weight excluding hydrogens is 258 g/mol. The Kier molecular flexibility index (Phi) is 7.99. The van der Waals surface area contributed by atoms with Crippen LogP contribution < -0.4 is 5.32 Å². The van der Waals surface area contributed by atoms with Gasteiger partial charge in [0.1, 0.15) is 0 Å². The summed E-state index contributed by atoms with van der Waals surface area (Å²) in [6, 6.07) is 7.40. The largest absolute Gasteiger partial charge is 0.353 e. The standard InChI is InChI=1S/C16H22ClNO/c1-2-3-4-5-6-13-18-16(19)12-9-14-7-10-15(17)11-8-14/h7-12H,2-6,13H2,1H3,(H,18,19). The smallest absolute Gasteiger partial charge is 0.243 e. The summed E-state index contributed by atoms with van der Waals surface area (Å²) in [7, 11) is 0. The highest BCUT2D eigenvalue weighted by Gasteiger charge is 1.95. The van der Waals surface area contributed by atoms with Gasteiger partial charge in [0.15, 0.2) is 0 Å². The van der Waals surface area contributed by atoms with Crippen molar-refractivity contribution in [1.82, 2.24) is 5.32 Å². The molecule has 0 saturated carbocycles. The van der Waals surface area contributed by atoms with E-state index < -0.39 is 0 Å². The summed E-state index contributed by atoms with van der Waals surface area (Å²) in [5.74, 6) is -0.0366. The molecule has 1 rings (SSSR count). The molecule has 1 aromatic carbocycles. The van der Waals surface area contributed by atoms with Gasteiger partial charge in [-0.3, -0.25) is 4.79 Å². The quantitative estimate of drug-likeness (QED) is 0.553. The van der Waals surface area contributed by atoms with Crippen LogP contribution in [0.3, 0.4) is 0 Å². The molecule has 0 aromatic heterocycles. The molecule has 1 N–H and O–H groups in total. The van der Waals surface area contributed by atoms with Crippen LogP contribution in [-0.2, 0) is 4.79 Å². The Bertz CT molecular complexity index is 398. The van der Waals surface area contributed by atoms with Crippen LogP contribution in [0.25, 0.3) is 6.08 Å². The Morgan fingerprint density at radius 3 is 2.53 bits per heavy atom. The van der Waals surface area contributed by atoms with Crippen molar-refractivity contribution in [3.63, 3.8) is 0 Å². The second kappa shape index (κ2) is 9.62. The summed E-state index contributed by atoms with van der Waals surface area (Å²) in [6.45, 7) is 2.96. The Morgan fingerprint density at radius 1 is 1.16 bits per heavy atom. The first kappa shape index (κ1) is 15.8. The van der Waals surface area contributed by atoms with Crippen LogP contribution in [0.15, 0.2) is 30.3 Å². The molecule has 19 heavy (non-hydrogen) atoms. The van der Waals surface area contributed by atoms with E-state index in [0.29, 0.717) is 5.02 Å². The van der Waals surface area contributed by atoms with Gasteiger partial charge in [-0.1, -0.05) is 56.3 Å². The predicted octanol–water partition coefficient (Wildman–Crippen LogP) is 4.44. The van der Waals surface area contributed by atoms with Gasteiger partial charge >= 0.3 is 0 Å². The molecule has 3 heteroatoms. The zero-order valence-electron chi connectivity index (χ0n) is 11.5. The van der Waals surface area contributed by atoms with Crippen LogP contribution in [0.1, 0.15) is 44.6 Å². The summed E-state index contributed by atoms with van der Waals surface area (Å²) in [5, 5.41) is 3.59. The highest BCUT2D eigenvalue weighted by molar-refractivity contribution is 6.30. The van der Waals surface area contributed by atoms with E-state index in [4.69, 9.17) is 11.6 Å². The molecule has 1 amide bonds. The number of carbonyl (C=O) groups excluding carboxylic acids is 1. The normalized spacial score (nSPS) is 10.8. The third-order valence-electron chi connectivity index (χ3n) is 2.88. The van der Waals surface area contributed by atoms with Crippen LogP contribution in [0.2, 0.25) is 5.02 Å². The average molecular weight is 280 g/mol. The fourth-order valence-corrected chi connectivity index (χ4v) is 1.87. The molecule has 0 unspecified atom stereocenters. The van der Waals surface area contributed by atoms with Crippen LogP contribution in [-0.4, -0.2) is 12.5 Å². The number of amides is 1. The van der Waals surface area contributed by atoms with E-state index in [0.717, 1.165) is 18.5 Å². The van der Waals surface area contributed by atoms with Crippen molar-refractivity contribution in [2.24, 2.45) is 0 Å². The maximum atomic E-state index is 11.5. The van der Waals surface area contributed by atoms with E-state index in [1.807, 2.05) is 24.3 Å². The van der Waals surface area contributed by atoms with Crippen LogP contribution in [0, 0.1) is 0 Å². The third kappa shape index (κ3) is 7.68. The second-order valence-corrected chi connectivity index (χ2v) is 5.03. The minimum absolute atomic E-state index is 0.0366. The number of hydrogen-bond acceptors (Lipinski definition) is 1. The summed E-state index contributed by atoms with van der Waals surface area (Å²) in [6.07, 6.45) is 9.39. The summed E-state index contributed by atoms with van der Waals surface area (Å²) >= 11 is 5.79. The van der Waals surface area contributed by atoms with E-state index >= 15 is 0 Å². The number of rotatable bonds is 8. The van der Waals surface area contributed by atoms with Gasteiger partial charge in [0.2, 0.25) is 5.91 Å². The lowest BCUT2D eigenvalue weighted by atomic mass is 10.1. The molecule has 1 aromatic rings. The van der Waals surface area contributed by atoms with Gasteiger partial charge < -0.3 is 5.32 Å². The summed E-state index contributed by atoms with van der Waals surface area (Å²) in [4.78, 5) is 11.5. The monoisotopic (exact) mass is 279 g/mol. The van der Waals surface area contributed by atoms with Gasteiger partial charge in [-0.15, -0.1) is 0 Å². The molecule has 0 aliphatic rings. The molecule has 0 aliphatic carbocycles. The zero-order chi connectivity index (χ0) is 13.9. The van der Waals surface area contributed by atoms with Gasteiger partial charge in [-0.25, -0.2) is 0 Å². The average Bonchev–Trinajstić information content (AvgIpc) is 2.42. The zero-order valence-corrected chi connectivity index (χ0v) is 12.2. The Balaban J connectivity index is 2.18. The molecule has 0 spiro atoms. The fourth-order valence-electron chi connectivity index (χ4n) is 1.74. The highest BCUT2D eigenvalue weighted by Crippen LogP contribution is 2.10. The van der Waals surface area contributed by atoms with Crippen molar-refractivity contribution in [3.05, 3.63) is 40.9 Å². The van der Waals surface area contributed by atoms with Gasteiger partial charge in [0, 0.05) is 17.6 Å². The van der Waals surface area contributed by atoms with E-state index in [1.54, 1.807) is 12.2 Å². The first-order valence-electron chi connectivity index (χ1n) is 6.94. The SMILES string of the molecule is CCCCCCCNC(=O)C=Cc1ccc(Cl)cc1. The third-order valence-corrected chi connectivity index (χ3v) is 3.13. The van der Waals surface area contributed by atoms with Crippen LogP contribution >= 0.6 is 11.6 Å². The van der Waals surface area contributed by atoms with E-state index in [-0.39, 0.29) is 5.91 Å². The Labute approximate surface area is 120 Å². The molecule has 0 aliphatic heterocycles. The molecule has 0 radical (unpaired) electrons. The molecule has 104 valence electrons. The number of nitrogens with one attached hydrogen (secondary N) is 1. The van der Waals surface area contributed by atoms with E-state index in [2.05, 4.69) is 12.2 Å². The molecular formula is C16H22ClNO. The second-order valence-electron chi connectivity index (χ2n) is 4.59. The number of unbranched alkanes of at least 4 members (excludes halogenated alkanes) is 4. The maximum Gasteiger partial charge on any atom is 0.243 e. The van der Waals surface area contributed by atoms with Crippen molar-refractivity contribution in [3.8, 4) is 0 Å². The number of benzene rings is 1. The topological polar surface area (TPSA) is 29.1 Å². The van der Waals surface area contributed by atoms with Gasteiger partial charge in [-0.05, 0) is 30.2 Å². The molecule has 0 heterocycles. The van der Waals surface area contributed by atoms with Gasteiger partial charge in [-0.2, -0.15) is 0 Å². The first-order valence-corrected chi connectivity index (χ1v) is 7.31. The number of halogens is 1. The molecule has 0 atom stereocenters. The van der Waals surface area contributed by atoms with Gasteiger partial charge in [0.25, 0.3) is 0 Å². The maximum absolute atomic E-state index is 11.5. The molecule has 0 bridgehead atoms. The predicted molar refractivity (Wildman–Crippen MR) is 82.3 cm³/mol.